The average molecular weight is 222 g/mol. The molecular formula is C12H18N2S. The molecule has 82 valence electrons. The van der Waals surface area contributed by atoms with Crippen molar-refractivity contribution in [3.63, 3.8) is 0 Å². The molecule has 0 atom stereocenters. The van der Waals surface area contributed by atoms with Crippen LogP contribution in [0.25, 0.3) is 0 Å². The number of aryl methyl sites for hydroxylation is 2. The normalized spacial score (nSPS) is 16.3. The number of hydrogen-bond donors (Lipinski definition) is 1. The number of nitrogens with zero attached hydrogens (tertiary/aromatic N) is 1. The molecule has 0 saturated carbocycles. The van der Waals surface area contributed by atoms with Crippen LogP contribution in [0, 0.1) is 13.8 Å². The van der Waals surface area contributed by atoms with Crippen LogP contribution in [-0.4, -0.2) is 12.4 Å². The van der Waals surface area contributed by atoms with Crippen LogP contribution in [-0.2, 0) is 6.54 Å². The summed E-state index contributed by atoms with van der Waals surface area (Å²) in [6.07, 6.45) is 3.67. The van der Waals surface area contributed by atoms with Crippen molar-refractivity contribution in [1.82, 2.24) is 5.32 Å². The van der Waals surface area contributed by atoms with Gasteiger partial charge in [0.2, 0.25) is 0 Å². The van der Waals surface area contributed by atoms with Crippen molar-refractivity contribution in [3.05, 3.63) is 21.4 Å². The summed E-state index contributed by atoms with van der Waals surface area (Å²) in [5.74, 6) is 1.20. The lowest BCUT2D eigenvalue weighted by Crippen LogP contribution is -2.24. The zero-order valence-corrected chi connectivity index (χ0v) is 10.3. The molecule has 0 saturated heterocycles. The monoisotopic (exact) mass is 222 g/mol. The van der Waals surface area contributed by atoms with E-state index in [1.807, 2.05) is 11.3 Å². The molecule has 1 N–H and O–H groups in total. The van der Waals surface area contributed by atoms with E-state index in [1.54, 1.807) is 0 Å². The first-order valence-corrected chi connectivity index (χ1v) is 6.40. The maximum absolute atomic E-state index is 4.48. The molecular weight excluding hydrogens is 204 g/mol. The second-order valence-electron chi connectivity index (χ2n) is 4.09. The fourth-order valence-corrected chi connectivity index (χ4v) is 2.76. The van der Waals surface area contributed by atoms with Crippen molar-refractivity contribution in [3.8, 4) is 0 Å². The minimum atomic E-state index is 0.943. The van der Waals surface area contributed by atoms with E-state index in [0.29, 0.717) is 0 Å². The lowest BCUT2D eigenvalue weighted by Gasteiger charge is -2.12. The quantitative estimate of drug-likeness (QED) is 0.817. The van der Waals surface area contributed by atoms with Gasteiger partial charge in [0.25, 0.3) is 0 Å². The molecule has 0 fully saturated rings. The Bertz CT molecular complexity index is 346. The summed E-state index contributed by atoms with van der Waals surface area (Å²) in [7, 11) is 0. The molecule has 1 aliphatic heterocycles. The highest BCUT2D eigenvalue weighted by Crippen LogP contribution is 2.20. The highest BCUT2D eigenvalue weighted by atomic mass is 32.1. The van der Waals surface area contributed by atoms with Crippen LogP contribution in [0.5, 0.6) is 0 Å². The Morgan fingerprint density at radius 3 is 2.87 bits per heavy atom. The Balaban J connectivity index is 1.89. The first-order valence-electron chi connectivity index (χ1n) is 5.59. The first-order chi connectivity index (χ1) is 7.25. The molecule has 0 amide bonds. The van der Waals surface area contributed by atoms with E-state index < -0.39 is 0 Å². The van der Waals surface area contributed by atoms with Crippen molar-refractivity contribution >= 4 is 17.2 Å². The van der Waals surface area contributed by atoms with Crippen molar-refractivity contribution in [2.75, 3.05) is 6.54 Å². The van der Waals surface area contributed by atoms with Crippen LogP contribution in [0.4, 0.5) is 0 Å². The van der Waals surface area contributed by atoms with E-state index in [9.17, 15) is 0 Å². The third kappa shape index (κ3) is 2.81. The van der Waals surface area contributed by atoms with Gasteiger partial charge in [-0.05, 0) is 38.3 Å². The summed E-state index contributed by atoms with van der Waals surface area (Å²) >= 11 is 1.89. The lowest BCUT2D eigenvalue weighted by atomic mass is 10.2. The molecule has 15 heavy (non-hydrogen) atoms. The standard InChI is InChI=1S/C12H18N2S/c1-9-7-11(15-10(9)2)8-14-12-5-3-4-6-13-12/h7H,3-6,8H2,1-2H3,(H,13,14). The first kappa shape index (κ1) is 10.7. The van der Waals surface area contributed by atoms with Gasteiger partial charge in [0.1, 0.15) is 0 Å². The fourth-order valence-electron chi connectivity index (χ4n) is 1.77. The van der Waals surface area contributed by atoms with Gasteiger partial charge in [-0.2, -0.15) is 0 Å². The zero-order valence-electron chi connectivity index (χ0n) is 9.47. The van der Waals surface area contributed by atoms with Gasteiger partial charge in [0.15, 0.2) is 0 Å². The Morgan fingerprint density at radius 2 is 2.27 bits per heavy atom. The molecule has 0 unspecified atom stereocenters. The summed E-state index contributed by atoms with van der Waals surface area (Å²) in [6.45, 7) is 6.30. The van der Waals surface area contributed by atoms with Gasteiger partial charge < -0.3 is 5.32 Å². The summed E-state index contributed by atoms with van der Waals surface area (Å²) in [5.41, 5.74) is 1.40. The number of hydrogen-bond acceptors (Lipinski definition) is 3. The molecule has 1 aromatic heterocycles. The van der Waals surface area contributed by atoms with Gasteiger partial charge in [0.05, 0.1) is 12.4 Å². The number of aliphatic imine (C=N–C) groups is 1. The third-order valence-electron chi connectivity index (χ3n) is 2.81. The topological polar surface area (TPSA) is 24.4 Å². The van der Waals surface area contributed by atoms with Crippen LogP contribution in [0.15, 0.2) is 11.1 Å². The SMILES string of the molecule is Cc1cc(CNC2=NCCCC2)sc1C. The van der Waals surface area contributed by atoms with E-state index in [0.717, 1.165) is 19.5 Å². The predicted octanol–water partition coefficient (Wildman–Crippen LogP) is 3.04. The number of rotatable bonds is 2. The van der Waals surface area contributed by atoms with Crippen LogP contribution in [0.1, 0.15) is 34.6 Å². The van der Waals surface area contributed by atoms with Gasteiger partial charge in [-0.15, -0.1) is 11.3 Å². The minimum absolute atomic E-state index is 0.943. The number of thiophene rings is 1. The highest BCUT2D eigenvalue weighted by molar-refractivity contribution is 7.12. The van der Waals surface area contributed by atoms with E-state index in [-0.39, 0.29) is 0 Å². The third-order valence-corrected chi connectivity index (χ3v) is 3.96. The average Bonchev–Trinajstić information content (AvgIpc) is 2.57. The minimum Gasteiger partial charge on any atom is -0.369 e. The van der Waals surface area contributed by atoms with Crippen molar-refractivity contribution in [2.45, 2.75) is 39.7 Å². The Hall–Kier alpha value is -0.830. The maximum atomic E-state index is 4.48. The van der Waals surface area contributed by atoms with Crippen LogP contribution in [0.2, 0.25) is 0 Å². The van der Waals surface area contributed by atoms with Crippen LogP contribution < -0.4 is 5.32 Å². The van der Waals surface area contributed by atoms with Gasteiger partial charge >= 0.3 is 0 Å². The Morgan fingerprint density at radius 1 is 1.40 bits per heavy atom. The molecule has 3 heteroatoms. The molecule has 0 aliphatic carbocycles. The molecule has 2 heterocycles. The molecule has 1 aromatic rings. The zero-order chi connectivity index (χ0) is 10.7. The molecule has 2 nitrogen and oxygen atoms in total. The summed E-state index contributed by atoms with van der Waals surface area (Å²) < 4.78 is 0. The van der Waals surface area contributed by atoms with E-state index >= 15 is 0 Å². The van der Waals surface area contributed by atoms with E-state index in [4.69, 9.17) is 0 Å². The van der Waals surface area contributed by atoms with Gasteiger partial charge in [-0.1, -0.05) is 0 Å². The summed E-state index contributed by atoms with van der Waals surface area (Å²) in [4.78, 5) is 7.33. The number of amidine groups is 1. The molecule has 0 radical (unpaired) electrons. The Labute approximate surface area is 95.4 Å². The summed E-state index contributed by atoms with van der Waals surface area (Å²) in [6, 6.07) is 2.27. The summed E-state index contributed by atoms with van der Waals surface area (Å²) in [5, 5.41) is 3.44. The van der Waals surface area contributed by atoms with Crippen LogP contribution in [0.3, 0.4) is 0 Å². The molecule has 1 aliphatic rings. The highest BCUT2D eigenvalue weighted by Gasteiger charge is 2.06. The molecule has 0 bridgehead atoms. The Kier molecular flexibility index (Phi) is 3.41. The lowest BCUT2D eigenvalue weighted by molar-refractivity contribution is 0.707. The van der Waals surface area contributed by atoms with Gasteiger partial charge in [-0.25, -0.2) is 0 Å². The maximum Gasteiger partial charge on any atom is 0.0965 e. The van der Waals surface area contributed by atoms with Gasteiger partial charge in [0, 0.05) is 22.7 Å². The second kappa shape index (κ2) is 4.79. The molecule has 0 aromatic carbocycles. The van der Waals surface area contributed by atoms with E-state index in [2.05, 4.69) is 30.2 Å². The fraction of sp³-hybridized carbons (Fsp3) is 0.583. The van der Waals surface area contributed by atoms with Crippen LogP contribution >= 0.6 is 11.3 Å². The smallest absolute Gasteiger partial charge is 0.0965 e. The number of nitrogens with one attached hydrogen (secondary N) is 1. The van der Waals surface area contributed by atoms with Crippen molar-refractivity contribution in [1.29, 1.82) is 0 Å². The van der Waals surface area contributed by atoms with E-state index in [1.165, 1.54) is 34.0 Å². The van der Waals surface area contributed by atoms with Crippen molar-refractivity contribution in [2.24, 2.45) is 4.99 Å². The van der Waals surface area contributed by atoms with Gasteiger partial charge in [-0.3, -0.25) is 4.99 Å². The molecule has 2 rings (SSSR count). The molecule has 0 spiro atoms. The second-order valence-corrected chi connectivity index (χ2v) is 5.43. The van der Waals surface area contributed by atoms with Crippen molar-refractivity contribution < 1.29 is 0 Å². The largest absolute Gasteiger partial charge is 0.369 e. The predicted molar refractivity (Wildman–Crippen MR) is 66.8 cm³/mol.